The highest BCUT2D eigenvalue weighted by atomic mass is 32.1. The van der Waals surface area contributed by atoms with E-state index in [0.717, 1.165) is 27.4 Å². The zero-order valence-corrected chi connectivity index (χ0v) is 15.0. The average molecular weight is 339 g/mol. The van der Waals surface area contributed by atoms with Crippen LogP contribution in [0.3, 0.4) is 0 Å². The third-order valence-electron chi connectivity index (χ3n) is 3.85. The molecule has 0 unspecified atom stereocenters. The Labute approximate surface area is 146 Å². The SMILES string of the molecule is Cc1cc(C)cc(C(=O)NCCn2nc(-c3cccs3)cc2C)c1. The molecule has 24 heavy (non-hydrogen) atoms. The molecule has 0 spiro atoms. The molecule has 1 N–H and O–H groups in total. The number of aromatic nitrogens is 2. The van der Waals surface area contributed by atoms with Crippen LogP contribution in [0, 0.1) is 20.8 Å². The van der Waals surface area contributed by atoms with E-state index in [-0.39, 0.29) is 5.91 Å². The normalized spacial score (nSPS) is 10.8. The predicted octanol–water partition coefficient (Wildman–Crippen LogP) is 3.97. The summed E-state index contributed by atoms with van der Waals surface area (Å²) in [5, 5.41) is 9.65. The summed E-state index contributed by atoms with van der Waals surface area (Å²) in [7, 11) is 0. The van der Waals surface area contributed by atoms with E-state index >= 15 is 0 Å². The summed E-state index contributed by atoms with van der Waals surface area (Å²) in [6.45, 7) is 7.26. The largest absolute Gasteiger partial charge is 0.350 e. The lowest BCUT2D eigenvalue weighted by atomic mass is 10.1. The summed E-state index contributed by atoms with van der Waals surface area (Å²) in [5.74, 6) is -0.0370. The standard InChI is InChI=1S/C19H21N3OS/c1-13-9-14(2)11-16(10-13)19(23)20-6-7-22-15(3)12-17(21-22)18-5-4-8-24-18/h4-5,8-12H,6-7H2,1-3H3,(H,20,23). The van der Waals surface area contributed by atoms with E-state index in [4.69, 9.17) is 0 Å². The third-order valence-corrected chi connectivity index (χ3v) is 4.74. The Morgan fingerprint density at radius 1 is 1.17 bits per heavy atom. The molecule has 1 amide bonds. The highest BCUT2D eigenvalue weighted by Gasteiger charge is 2.09. The number of amides is 1. The lowest BCUT2D eigenvalue weighted by Gasteiger charge is -2.08. The number of thiophene rings is 1. The molecule has 0 aliphatic carbocycles. The van der Waals surface area contributed by atoms with Crippen LogP contribution in [0.15, 0.2) is 41.8 Å². The van der Waals surface area contributed by atoms with Crippen molar-refractivity contribution >= 4 is 17.2 Å². The summed E-state index contributed by atoms with van der Waals surface area (Å²) >= 11 is 1.68. The molecule has 2 heterocycles. The van der Waals surface area contributed by atoms with Gasteiger partial charge < -0.3 is 5.32 Å². The fourth-order valence-electron chi connectivity index (χ4n) is 2.76. The Morgan fingerprint density at radius 3 is 2.58 bits per heavy atom. The van der Waals surface area contributed by atoms with Crippen molar-refractivity contribution in [1.82, 2.24) is 15.1 Å². The Morgan fingerprint density at radius 2 is 1.92 bits per heavy atom. The van der Waals surface area contributed by atoms with Gasteiger partial charge in [0.2, 0.25) is 0 Å². The molecule has 3 aromatic rings. The molecule has 1 aromatic carbocycles. The van der Waals surface area contributed by atoms with Crippen molar-refractivity contribution in [2.24, 2.45) is 0 Å². The van der Waals surface area contributed by atoms with Crippen LogP contribution in [0.2, 0.25) is 0 Å². The predicted molar refractivity (Wildman–Crippen MR) is 98.5 cm³/mol. The first-order valence-electron chi connectivity index (χ1n) is 7.98. The molecule has 5 heteroatoms. The minimum atomic E-state index is -0.0370. The first-order valence-corrected chi connectivity index (χ1v) is 8.86. The van der Waals surface area contributed by atoms with Gasteiger partial charge in [0, 0.05) is 17.8 Å². The van der Waals surface area contributed by atoms with Gasteiger partial charge in [-0.25, -0.2) is 0 Å². The maximum Gasteiger partial charge on any atom is 0.251 e. The van der Waals surface area contributed by atoms with Gasteiger partial charge in [0.05, 0.1) is 11.4 Å². The van der Waals surface area contributed by atoms with E-state index in [1.807, 2.05) is 49.0 Å². The molecule has 0 saturated carbocycles. The zero-order chi connectivity index (χ0) is 17.1. The molecule has 0 bridgehead atoms. The van der Waals surface area contributed by atoms with Crippen molar-refractivity contribution in [1.29, 1.82) is 0 Å². The van der Waals surface area contributed by atoms with Gasteiger partial charge in [-0.2, -0.15) is 5.10 Å². The highest BCUT2D eigenvalue weighted by molar-refractivity contribution is 7.13. The van der Waals surface area contributed by atoms with Gasteiger partial charge >= 0.3 is 0 Å². The quantitative estimate of drug-likeness (QED) is 0.764. The summed E-state index contributed by atoms with van der Waals surface area (Å²) < 4.78 is 1.94. The maximum absolute atomic E-state index is 12.3. The first-order chi connectivity index (χ1) is 11.5. The highest BCUT2D eigenvalue weighted by Crippen LogP contribution is 2.23. The molecule has 3 rings (SSSR count). The van der Waals surface area contributed by atoms with E-state index in [1.54, 1.807) is 11.3 Å². The number of carbonyl (C=O) groups excluding carboxylic acids is 1. The fraction of sp³-hybridized carbons (Fsp3) is 0.263. The van der Waals surface area contributed by atoms with Gasteiger partial charge in [0.1, 0.15) is 5.69 Å². The van der Waals surface area contributed by atoms with Gasteiger partial charge in [-0.3, -0.25) is 9.48 Å². The molecule has 0 saturated heterocycles. The van der Waals surface area contributed by atoms with Crippen molar-refractivity contribution in [2.45, 2.75) is 27.3 Å². The van der Waals surface area contributed by atoms with Gasteiger partial charge in [-0.05, 0) is 50.4 Å². The maximum atomic E-state index is 12.3. The number of carbonyl (C=O) groups is 1. The second kappa shape index (κ2) is 7.01. The molecule has 0 aliphatic heterocycles. The average Bonchev–Trinajstić information content (AvgIpc) is 3.16. The Kier molecular flexibility index (Phi) is 4.81. The van der Waals surface area contributed by atoms with Crippen molar-refractivity contribution in [3.05, 3.63) is 64.2 Å². The third kappa shape index (κ3) is 3.74. The first kappa shape index (κ1) is 16.5. The van der Waals surface area contributed by atoms with Crippen LogP contribution < -0.4 is 5.32 Å². The molecule has 0 radical (unpaired) electrons. The summed E-state index contributed by atoms with van der Waals surface area (Å²) in [6, 6.07) is 12.1. The Bertz CT molecular complexity index is 829. The Hall–Kier alpha value is -2.40. The fourth-order valence-corrected chi connectivity index (χ4v) is 3.45. The van der Waals surface area contributed by atoms with Gasteiger partial charge in [0.25, 0.3) is 5.91 Å². The number of aryl methyl sites for hydroxylation is 3. The molecule has 2 aromatic heterocycles. The minimum absolute atomic E-state index is 0.0370. The van der Waals surface area contributed by atoms with Gasteiger partial charge in [-0.1, -0.05) is 23.3 Å². The van der Waals surface area contributed by atoms with Crippen LogP contribution in [0.4, 0.5) is 0 Å². The molecule has 0 fully saturated rings. The lowest BCUT2D eigenvalue weighted by Crippen LogP contribution is -2.27. The van der Waals surface area contributed by atoms with Gasteiger partial charge in [-0.15, -0.1) is 11.3 Å². The lowest BCUT2D eigenvalue weighted by molar-refractivity contribution is 0.0951. The summed E-state index contributed by atoms with van der Waals surface area (Å²) in [6.07, 6.45) is 0. The van der Waals surface area contributed by atoms with Gasteiger partial charge in [0.15, 0.2) is 0 Å². The number of benzene rings is 1. The molecular weight excluding hydrogens is 318 g/mol. The van der Waals surface area contributed by atoms with Crippen LogP contribution in [-0.2, 0) is 6.54 Å². The molecule has 0 atom stereocenters. The number of nitrogens with one attached hydrogen (secondary N) is 1. The van der Waals surface area contributed by atoms with E-state index < -0.39 is 0 Å². The number of hydrogen-bond donors (Lipinski definition) is 1. The molecular formula is C19H21N3OS. The van der Waals surface area contributed by atoms with Crippen molar-refractivity contribution in [3.8, 4) is 10.6 Å². The van der Waals surface area contributed by atoms with E-state index in [2.05, 4.69) is 28.6 Å². The summed E-state index contributed by atoms with van der Waals surface area (Å²) in [5.41, 5.74) is 5.00. The second-order valence-corrected chi connectivity index (χ2v) is 6.95. The topological polar surface area (TPSA) is 46.9 Å². The van der Waals surface area contributed by atoms with E-state index in [1.165, 1.54) is 0 Å². The van der Waals surface area contributed by atoms with Crippen LogP contribution >= 0.6 is 11.3 Å². The number of nitrogens with zero attached hydrogens (tertiary/aromatic N) is 2. The summed E-state index contributed by atoms with van der Waals surface area (Å²) in [4.78, 5) is 13.4. The number of hydrogen-bond acceptors (Lipinski definition) is 3. The molecule has 4 nitrogen and oxygen atoms in total. The smallest absolute Gasteiger partial charge is 0.251 e. The van der Waals surface area contributed by atoms with E-state index in [0.29, 0.717) is 18.7 Å². The number of rotatable bonds is 5. The molecule has 0 aliphatic rings. The second-order valence-electron chi connectivity index (χ2n) is 6.00. The van der Waals surface area contributed by atoms with E-state index in [9.17, 15) is 4.79 Å². The van der Waals surface area contributed by atoms with Crippen LogP contribution in [-0.4, -0.2) is 22.2 Å². The van der Waals surface area contributed by atoms with Crippen molar-refractivity contribution < 1.29 is 4.79 Å². The van der Waals surface area contributed by atoms with Crippen LogP contribution in [0.5, 0.6) is 0 Å². The van der Waals surface area contributed by atoms with Crippen molar-refractivity contribution in [3.63, 3.8) is 0 Å². The van der Waals surface area contributed by atoms with Crippen LogP contribution in [0.25, 0.3) is 10.6 Å². The molecule has 124 valence electrons. The van der Waals surface area contributed by atoms with Crippen molar-refractivity contribution in [2.75, 3.05) is 6.54 Å². The van der Waals surface area contributed by atoms with Crippen LogP contribution in [0.1, 0.15) is 27.2 Å². The zero-order valence-electron chi connectivity index (χ0n) is 14.2. The minimum Gasteiger partial charge on any atom is -0.350 e. The monoisotopic (exact) mass is 339 g/mol. The Balaban J connectivity index is 1.61.